The molecule has 5 heteroatoms. The van der Waals surface area contributed by atoms with Crippen molar-refractivity contribution in [3.63, 3.8) is 0 Å². The summed E-state index contributed by atoms with van der Waals surface area (Å²) in [5, 5.41) is 7.02. The van der Waals surface area contributed by atoms with Crippen LogP contribution in [0.15, 0.2) is 30.7 Å². The molecule has 82 valence electrons. The van der Waals surface area contributed by atoms with Crippen molar-refractivity contribution < 1.29 is 4.79 Å². The fourth-order valence-electron chi connectivity index (χ4n) is 1.39. The average molecular weight is 216 g/mol. The van der Waals surface area contributed by atoms with E-state index in [9.17, 15) is 4.79 Å². The van der Waals surface area contributed by atoms with E-state index in [1.54, 1.807) is 23.3 Å². The second-order valence-corrected chi connectivity index (χ2v) is 3.47. The highest BCUT2D eigenvalue weighted by molar-refractivity contribution is 5.89. The highest BCUT2D eigenvalue weighted by Crippen LogP contribution is 2.15. The second-order valence-electron chi connectivity index (χ2n) is 3.47. The Morgan fingerprint density at radius 2 is 2.31 bits per heavy atom. The Hall–Kier alpha value is -2.17. The third-order valence-corrected chi connectivity index (χ3v) is 2.12. The first-order valence-electron chi connectivity index (χ1n) is 4.91. The van der Waals surface area contributed by atoms with Gasteiger partial charge < -0.3 is 5.32 Å². The number of amides is 1. The fourth-order valence-corrected chi connectivity index (χ4v) is 1.39. The topological polar surface area (TPSA) is 59.8 Å². The van der Waals surface area contributed by atoms with E-state index in [1.165, 1.54) is 6.92 Å². The fraction of sp³-hybridized carbons (Fsp3) is 0.182. The van der Waals surface area contributed by atoms with Crippen LogP contribution in [-0.2, 0) is 4.79 Å². The largest absolute Gasteiger partial charge is 0.323 e. The Morgan fingerprint density at radius 3 is 2.94 bits per heavy atom. The van der Waals surface area contributed by atoms with Gasteiger partial charge in [0.25, 0.3) is 0 Å². The van der Waals surface area contributed by atoms with E-state index in [-0.39, 0.29) is 5.91 Å². The third-order valence-electron chi connectivity index (χ3n) is 2.12. The summed E-state index contributed by atoms with van der Waals surface area (Å²) < 4.78 is 1.69. The quantitative estimate of drug-likeness (QED) is 0.828. The van der Waals surface area contributed by atoms with Crippen LogP contribution >= 0.6 is 0 Å². The lowest BCUT2D eigenvalue weighted by Gasteiger charge is -1.98. The van der Waals surface area contributed by atoms with Crippen LogP contribution in [0.5, 0.6) is 0 Å². The van der Waals surface area contributed by atoms with Gasteiger partial charge in [-0.3, -0.25) is 9.78 Å². The molecule has 0 aliphatic heterocycles. The van der Waals surface area contributed by atoms with Crippen molar-refractivity contribution in [1.82, 2.24) is 14.8 Å². The number of nitrogens with zero attached hydrogens (tertiary/aromatic N) is 3. The van der Waals surface area contributed by atoms with Crippen molar-refractivity contribution >= 4 is 11.6 Å². The predicted molar refractivity (Wildman–Crippen MR) is 60.4 cm³/mol. The molecule has 0 saturated heterocycles. The number of pyridine rings is 1. The standard InChI is InChI=1S/C11H12N4O/c1-8-11(13-9(2)16)7-15(14-8)10-4-3-5-12-6-10/h3-7H,1-2H3,(H,13,16). The van der Waals surface area contributed by atoms with Gasteiger partial charge in [-0.25, -0.2) is 4.68 Å². The van der Waals surface area contributed by atoms with Gasteiger partial charge in [-0.05, 0) is 19.1 Å². The van der Waals surface area contributed by atoms with Crippen molar-refractivity contribution in [3.05, 3.63) is 36.4 Å². The molecule has 0 spiro atoms. The summed E-state index contributed by atoms with van der Waals surface area (Å²) in [7, 11) is 0. The Labute approximate surface area is 93.1 Å². The number of hydrogen-bond donors (Lipinski definition) is 1. The van der Waals surface area contributed by atoms with Gasteiger partial charge in [-0.15, -0.1) is 0 Å². The lowest BCUT2D eigenvalue weighted by Crippen LogP contribution is -2.05. The molecule has 0 fully saturated rings. The van der Waals surface area contributed by atoms with Crippen LogP contribution in [0, 0.1) is 6.92 Å². The van der Waals surface area contributed by atoms with Gasteiger partial charge in [0.05, 0.1) is 29.5 Å². The molecule has 0 aliphatic rings. The molecule has 2 rings (SSSR count). The van der Waals surface area contributed by atoms with Crippen LogP contribution in [0.4, 0.5) is 5.69 Å². The maximum absolute atomic E-state index is 11.0. The van der Waals surface area contributed by atoms with E-state index in [2.05, 4.69) is 15.4 Å². The van der Waals surface area contributed by atoms with E-state index in [4.69, 9.17) is 0 Å². The molecule has 2 heterocycles. The number of hydrogen-bond acceptors (Lipinski definition) is 3. The first kappa shape index (κ1) is 10.4. The molecule has 16 heavy (non-hydrogen) atoms. The Kier molecular flexibility index (Phi) is 2.68. The molecule has 1 N–H and O–H groups in total. The van der Waals surface area contributed by atoms with Crippen LogP contribution in [0.25, 0.3) is 5.69 Å². The van der Waals surface area contributed by atoms with E-state index < -0.39 is 0 Å². The van der Waals surface area contributed by atoms with Crippen LogP contribution in [0.1, 0.15) is 12.6 Å². The highest BCUT2D eigenvalue weighted by atomic mass is 16.1. The Bertz CT molecular complexity index is 504. The van der Waals surface area contributed by atoms with Crippen LogP contribution < -0.4 is 5.32 Å². The number of anilines is 1. The number of carbonyl (C=O) groups is 1. The molecule has 2 aromatic heterocycles. The lowest BCUT2D eigenvalue weighted by atomic mass is 10.4. The second kappa shape index (κ2) is 4.14. The lowest BCUT2D eigenvalue weighted by molar-refractivity contribution is -0.114. The summed E-state index contributed by atoms with van der Waals surface area (Å²) in [4.78, 5) is 15.0. The average Bonchev–Trinajstić information content (AvgIpc) is 2.61. The molecule has 0 unspecified atom stereocenters. The van der Waals surface area contributed by atoms with E-state index in [0.717, 1.165) is 17.1 Å². The molecule has 2 aromatic rings. The molecule has 1 amide bonds. The van der Waals surface area contributed by atoms with Gasteiger partial charge >= 0.3 is 0 Å². The zero-order valence-electron chi connectivity index (χ0n) is 9.14. The number of aryl methyl sites for hydroxylation is 1. The van der Waals surface area contributed by atoms with Gasteiger partial charge in [-0.1, -0.05) is 0 Å². The summed E-state index contributed by atoms with van der Waals surface area (Å²) in [5.41, 5.74) is 2.36. The number of aromatic nitrogens is 3. The van der Waals surface area contributed by atoms with Crippen molar-refractivity contribution in [3.8, 4) is 5.69 Å². The predicted octanol–water partition coefficient (Wildman–Crippen LogP) is 1.53. The summed E-state index contributed by atoms with van der Waals surface area (Å²) in [6, 6.07) is 3.74. The minimum absolute atomic E-state index is 0.103. The maximum atomic E-state index is 11.0. The van der Waals surface area contributed by atoms with Crippen LogP contribution in [0.3, 0.4) is 0 Å². The SMILES string of the molecule is CC(=O)Nc1cn(-c2cccnc2)nc1C. The molecule has 0 atom stereocenters. The van der Waals surface area contributed by atoms with Gasteiger partial charge in [0.15, 0.2) is 0 Å². The van der Waals surface area contributed by atoms with Gasteiger partial charge in [0, 0.05) is 13.1 Å². The molecule has 5 nitrogen and oxygen atoms in total. The summed E-state index contributed by atoms with van der Waals surface area (Å²) in [6.45, 7) is 3.32. The molecule has 0 saturated carbocycles. The Balaban J connectivity index is 2.34. The minimum atomic E-state index is -0.103. The maximum Gasteiger partial charge on any atom is 0.221 e. The third kappa shape index (κ3) is 2.08. The summed E-state index contributed by atoms with van der Waals surface area (Å²) in [5.74, 6) is -0.103. The monoisotopic (exact) mass is 216 g/mol. The smallest absolute Gasteiger partial charge is 0.221 e. The normalized spacial score (nSPS) is 10.1. The zero-order valence-corrected chi connectivity index (χ0v) is 9.14. The van der Waals surface area contributed by atoms with Crippen molar-refractivity contribution in [1.29, 1.82) is 0 Å². The summed E-state index contributed by atoms with van der Waals surface area (Å²) >= 11 is 0. The molecular weight excluding hydrogens is 204 g/mol. The van der Waals surface area contributed by atoms with E-state index in [1.807, 2.05) is 19.1 Å². The summed E-state index contributed by atoms with van der Waals surface area (Å²) in [6.07, 6.45) is 5.19. The number of nitrogens with one attached hydrogen (secondary N) is 1. The van der Waals surface area contributed by atoms with Gasteiger partial charge in [0.1, 0.15) is 0 Å². The van der Waals surface area contributed by atoms with Gasteiger partial charge in [0.2, 0.25) is 5.91 Å². The van der Waals surface area contributed by atoms with Crippen molar-refractivity contribution in [2.24, 2.45) is 0 Å². The number of rotatable bonds is 2. The van der Waals surface area contributed by atoms with Crippen molar-refractivity contribution in [2.45, 2.75) is 13.8 Å². The number of carbonyl (C=O) groups excluding carboxylic acids is 1. The molecular formula is C11H12N4O. The molecule has 0 radical (unpaired) electrons. The van der Waals surface area contributed by atoms with E-state index >= 15 is 0 Å². The molecule has 0 aliphatic carbocycles. The van der Waals surface area contributed by atoms with Crippen LogP contribution in [0.2, 0.25) is 0 Å². The van der Waals surface area contributed by atoms with Gasteiger partial charge in [-0.2, -0.15) is 5.10 Å². The first-order valence-corrected chi connectivity index (χ1v) is 4.91. The first-order chi connectivity index (χ1) is 7.66. The molecule has 0 bridgehead atoms. The highest BCUT2D eigenvalue weighted by Gasteiger charge is 2.06. The minimum Gasteiger partial charge on any atom is -0.323 e. The van der Waals surface area contributed by atoms with Crippen LogP contribution in [-0.4, -0.2) is 20.7 Å². The Morgan fingerprint density at radius 1 is 1.50 bits per heavy atom. The van der Waals surface area contributed by atoms with Crippen molar-refractivity contribution in [2.75, 3.05) is 5.32 Å². The van der Waals surface area contributed by atoms with E-state index in [0.29, 0.717) is 0 Å². The zero-order chi connectivity index (χ0) is 11.5. The molecule has 0 aromatic carbocycles.